The van der Waals surface area contributed by atoms with Crippen molar-refractivity contribution in [2.24, 2.45) is 0 Å². The number of hydrogen-bond donors (Lipinski definition) is 2. The van der Waals surface area contributed by atoms with Crippen molar-refractivity contribution in [3.8, 4) is 11.3 Å². The topological polar surface area (TPSA) is 80.1 Å². The first-order valence-electron chi connectivity index (χ1n) is 13.0. The summed E-state index contributed by atoms with van der Waals surface area (Å²) in [6.07, 6.45) is 2.41. The van der Waals surface area contributed by atoms with Gasteiger partial charge in [0.25, 0.3) is 0 Å². The van der Waals surface area contributed by atoms with Gasteiger partial charge in [-0.25, -0.2) is 9.97 Å². The minimum absolute atomic E-state index is 0.319. The van der Waals surface area contributed by atoms with Crippen LogP contribution < -0.4 is 15.5 Å². The minimum atomic E-state index is 0.319. The third kappa shape index (κ3) is 5.01. The van der Waals surface area contributed by atoms with E-state index in [-0.39, 0.29) is 0 Å². The number of benzene rings is 2. The first kappa shape index (κ1) is 24.2. The first-order valence-corrected chi connectivity index (χ1v) is 13.4. The molecule has 2 aliphatic rings. The van der Waals surface area contributed by atoms with Gasteiger partial charge in [0.05, 0.1) is 29.9 Å². The molecule has 2 unspecified atom stereocenters. The summed E-state index contributed by atoms with van der Waals surface area (Å²) in [5.41, 5.74) is 4.97. The first-order chi connectivity index (χ1) is 18.0. The molecule has 6 rings (SSSR count). The second kappa shape index (κ2) is 10.3. The predicted octanol–water partition coefficient (Wildman–Crippen LogP) is 5.35. The number of nitrogens with zero attached hydrogens (tertiary/aromatic N) is 5. The van der Waals surface area contributed by atoms with Crippen LogP contribution in [0.15, 0.2) is 48.5 Å². The number of halogens is 1. The maximum absolute atomic E-state index is 6.09. The van der Waals surface area contributed by atoms with Gasteiger partial charge < -0.3 is 24.8 Å². The van der Waals surface area contributed by atoms with E-state index in [1.807, 2.05) is 30.3 Å². The Hall–Kier alpha value is -3.20. The molecule has 0 aliphatic carbocycles. The molecule has 2 fully saturated rings. The lowest BCUT2D eigenvalue weighted by Gasteiger charge is -2.27. The molecule has 2 N–H and O–H groups in total. The molecule has 0 radical (unpaired) electrons. The van der Waals surface area contributed by atoms with E-state index in [1.54, 1.807) is 0 Å². The SMILES string of the molecule is Cc1nc2ccc(-c3cc(Nc4ccc(Cl)cc4)nc(N4CCOCC4)n3)cc2n1C(C)C1CCCN1. The average Bonchev–Trinajstić information content (AvgIpc) is 3.57. The summed E-state index contributed by atoms with van der Waals surface area (Å²) in [7, 11) is 0. The van der Waals surface area contributed by atoms with Crippen molar-refractivity contribution < 1.29 is 4.74 Å². The smallest absolute Gasteiger partial charge is 0.228 e. The zero-order chi connectivity index (χ0) is 25.4. The van der Waals surface area contributed by atoms with Gasteiger partial charge in [-0.2, -0.15) is 4.98 Å². The van der Waals surface area contributed by atoms with E-state index in [0.29, 0.717) is 36.3 Å². The fourth-order valence-corrected chi connectivity index (χ4v) is 5.55. The molecule has 8 nitrogen and oxygen atoms in total. The van der Waals surface area contributed by atoms with Crippen LogP contribution in [0, 0.1) is 6.92 Å². The summed E-state index contributed by atoms with van der Waals surface area (Å²) < 4.78 is 7.93. The lowest BCUT2D eigenvalue weighted by Crippen LogP contribution is -2.37. The Bertz CT molecular complexity index is 1390. The molecule has 37 heavy (non-hydrogen) atoms. The van der Waals surface area contributed by atoms with Crippen LogP contribution >= 0.6 is 11.6 Å². The lowest BCUT2D eigenvalue weighted by molar-refractivity contribution is 0.122. The molecule has 4 heterocycles. The molecule has 192 valence electrons. The standard InChI is InChI=1S/C28H32ClN7O/c1-18(23-4-3-11-30-23)36-19(2)31-24-10-5-20(16-26(24)36)25-17-27(32-22-8-6-21(29)7-9-22)34-28(33-25)35-12-14-37-15-13-35/h5-10,16-18,23,30H,3-4,11-15H2,1-2H3,(H,32,33,34). The summed E-state index contributed by atoms with van der Waals surface area (Å²) >= 11 is 6.09. The van der Waals surface area contributed by atoms with Crippen molar-refractivity contribution in [1.82, 2.24) is 24.8 Å². The van der Waals surface area contributed by atoms with Crippen LogP contribution in [0.5, 0.6) is 0 Å². The van der Waals surface area contributed by atoms with E-state index in [0.717, 1.165) is 59.3 Å². The van der Waals surface area contributed by atoms with Crippen LogP contribution in [0.25, 0.3) is 22.3 Å². The molecule has 2 aliphatic heterocycles. The van der Waals surface area contributed by atoms with E-state index in [4.69, 9.17) is 31.3 Å². The predicted molar refractivity (Wildman–Crippen MR) is 149 cm³/mol. The summed E-state index contributed by atoms with van der Waals surface area (Å²) in [6.45, 7) is 8.35. The van der Waals surface area contributed by atoms with E-state index >= 15 is 0 Å². The molecule has 2 aromatic carbocycles. The number of hydrogen-bond acceptors (Lipinski definition) is 7. The number of morpholine rings is 1. The number of ether oxygens (including phenoxy) is 1. The van der Waals surface area contributed by atoms with Gasteiger partial charge in [-0.15, -0.1) is 0 Å². The Labute approximate surface area is 222 Å². The highest BCUT2D eigenvalue weighted by Crippen LogP contribution is 2.31. The fourth-order valence-electron chi connectivity index (χ4n) is 5.42. The van der Waals surface area contributed by atoms with Crippen molar-refractivity contribution in [2.45, 2.75) is 38.8 Å². The number of nitrogens with one attached hydrogen (secondary N) is 2. The van der Waals surface area contributed by atoms with Gasteiger partial charge in [0.15, 0.2) is 0 Å². The number of imidazole rings is 1. The van der Waals surface area contributed by atoms with Crippen LogP contribution in [0.2, 0.25) is 5.02 Å². The fraction of sp³-hybridized carbons (Fsp3) is 0.393. The van der Waals surface area contributed by atoms with Gasteiger partial charge in [0, 0.05) is 47.5 Å². The average molecular weight is 518 g/mol. The number of rotatable bonds is 6. The van der Waals surface area contributed by atoms with E-state index < -0.39 is 0 Å². The van der Waals surface area contributed by atoms with Gasteiger partial charge in [0.2, 0.25) is 5.95 Å². The Morgan fingerprint density at radius 2 is 1.86 bits per heavy atom. The normalized spacial score (nSPS) is 18.9. The Balaban J connectivity index is 1.41. The monoisotopic (exact) mass is 517 g/mol. The summed E-state index contributed by atoms with van der Waals surface area (Å²) in [6, 6.07) is 16.9. The maximum atomic E-state index is 6.09. The number of anilines is 3. The van der Waals surface area contributed by atoms with Crippen molar-refractivity contribution in [3.63, 3.8) is 0 Å². The molecule has 4 aromatic rings. The van der Waals surface area contributed by atoms with E-state index in [9.17, 15) is 0 Å². The molecule has 0 bridgehead atoms. The van der Waals surface area contributed by atoms with Crippen LogP contribution in [0.3, 0.4) is 0 Å². The Kier molecular flexibility index (Phi) is 6.71. The van der Waals surface area contributed by atoms with E-state index in [2.05, 4.69) is 52.1 Å². The Morgan fingerprint density at radius 3 is 2.62 bits per heavy atom. The van der Waals surface area contributed by atoms with Gasteiger partial charge in [0.1, 0.15) is 11.6 Å². The Morgan fingerprint density at radius 1 is 1.05 bits per heavy atom. The molecule has 2 aromatic heterocycles. The third-order valence-corrected chi connectivity index (χ3v) is 7.63. The van der Waals surface area contributed by atoms with Crippen molar-refractivity contribution in [1.29, 1.82) is 0 Å². The molecule has 0 amide bonds. The van der Waals surface area contributed by atoms with Crippen LogP contribution in [0.1, 0.15) is 31.6 Å². The third-order valence-electron chi connectivity index (χ3n) is 7.37. The summed E-state index contributed by atoms with van der Waals surface area (Å²) in [5, 5.41) is 7.79. The van der Waals surface area contributed by atoms with Crippen molar-refractivity contribution in [3.05, 3.63) is 59.4 Å². The molecular weight excluding hydrogens is 486 g/mol. The zero-order valence-electron chi connectivity index (χ0n) is 21.2. The number of aryl methyl sites for hydroxylation is 1. The number of fused-ring (bicyclic) bond motifs is 1. The van der Waals surface area contributed by atoms with Gasteiger partial charge in [-0.1, -0.05) is 17.7 Å². The quantitative estimate of drug-likeness (QED) is 0.357. The molecular formula is C28H32ClN7O. The van der Waals surface area contributed by atoms with Gasteiger partial charge in [-0.3, -0.25) is 0 Å². The van der Waals surface area contributed by atoms with Crippen molar-refractivity contribution in [2.75, 3.05) is 43.1 Å². The van der Waals surface area contributed by atoms with Crippen molar-refractivity contribution >= 4 is 40.1 Å². The molecule has 0 spiro atoms. The van der Waals surface area contributed by atoms with Crippen LogP contribution in [-0.2, 0) is 4.74 Å². The van der Waals surface area contributed by atoms with Gasteiger partial charge >= 0.3 is 0 Å². The maximum Gasteiger partial charge on any atom is 0.228 e. The highest BCUT2D eigenvalue weighted by Gasteiger charge is 2.25. The van der Waals surface area contributed by atoms with E-state index in [1.165, 1.54) is 12.8 Å². The highest BCUT2D eigenvalue weighted by molar-refractivity contribution is 6.30. The molecule has 2 saturated heterocycles. The number of aromatic nitrogens is 4. The molecule has 9 heteroatoms. The van der Waals surface area contributed by atoms with Crippen LogP contribution in [0.4, 0.5) is 17.5 Å². The lowest BCUT2D eigenvalue weighted by atomic mass is 10.1. The minimum Gasteiger partial charge on any atom is -0.378 e. The largest absolute Gasteiger partial charge is 0.378 e. The second-order valence-corrected chi connectivity index (χ2v) is 10.3. The molecule has 0 saturated carbocycles. The van der Waals surface area contributed by atoms with Crippen LogP contribution in [-0.4, -0.2) is 58.4 Å². The summed E-state index contributed by atoms with van der Waals surface area (Å²) in [5.74, 6) is 2.47. The van der Waals surface area contributed by atoms with Gasteiger partial charge in [-0.05, 0) is 69.6 Å². The second-order valence-electron chi connectivity index (χ2n) is 9.85. The zero-order valence-corrected chi connectivity index (χ0v) is 22.0. The summed E-state index contributed by atoms with van der Waals surface area (Å²) in [4.78, 5) is 16.9. The molecule has 2 atom stereocenters. The highest BCUT2D eigenvalue weighted by atomic mass is 35.5.